The summed E-state index contributed by atoms with van der Waals surface area (Å²) in [6.07, 6.45) is 11.1. The van der Waals surface area contributed by atoms with Crippen molar-refractivity contribution in [2.75, 3.05) is 58.5 Å². The summed E-state index contributed by atoms with van der Waals surface area (Å²) in [5, 5.41) is 0.0732. The topological polar surface area (TPSA) is 136 Å². The number of carbonyl (C=O) groups is 3. The Morgan fingerprint density at radius 2 is 1.82 bits per heavy atom. The van der Waals surface area contributed by atoms with Crippen LogP contribution in [0.5, 0.6) is 5.75 Å². The minimum Gasteiger partial charge on any atom is -0.491 e. The highest BCUT2D eigenvalue weighted by Crippen LogP contribution is 2.41. The van der Waals surface area contributed by atoms with Crippen LogP contribution in [-0.4, -0.2) is 98.1 Å². The number of rotatable bonds is 5. The van der Waals surface area contributed by atoms with Crippen LogP contribution < -0.4 is 14.4 Å². The van der Waals surface area contributed by atoms with E-state index in [4.69, 9.17) is 30.5 Å². The number of carbonyl (C=O) groups excluding carboxylic acids is 3. The highest BCUT2D eigenvalue weighted by molar-refractivity contribution is 7.93. The van der Waals surface area contributed by atoms with Crippen LogP contribution in [-0.2, 0) is 41.8 Å². The van der Waals surface area contributed by atoms with Gasteiger partial charge in [0.1, 0.15) is 22.3 Å². The van der Waals surface area contributed by atoms with E-state index in [1.54, 1.807) is 31.1 Å². The molecule has 0 spiro atoms. The molecule has 1 saturated carbocycles. The molecule has 2 bridgehead atoms. The summed E-state index contributed by atoms with van der Waals surface area (Å²) < 4.78 is 44.7. The number of methoxy groups -OCH3 is 2. The lowest BCUT2D eigenvalue weighted by Crippen LogP contribution is -2.44. The first-order chi connectivity index (χ1) is 26.6. The summed E-state index contributed by atoms with van der Waals surface area (Å²) in [5.41, 5.74) is 3.55. The molecule has 14 heteroatoms. The molecule has 0 radical (unpaired) electrons. The molecule has 300 valence electrons. The van der Waals surface area contributed by atoms with Gasteiger partial charge in [-0.1, -0.05) is 29.8 Å². The van der Waals surface area contributed by atoms with Crippen molar-refractivity contribution < 1.29 is 37.5 Å². The summed E-state index contributed by atoms with van der Waals surface area (Å²) in [7, 11) is -0.507. The zero-order chi connectivity index (χ0) is 39.0. The Labute approximate surface area is 330 Å². The fourth-order valence-corrected chi connectivity index (χ4v) is 9.83. The van der Waals surface area contributed by atoms with Crippen molar-refractivity contribution in [3.63, 3.8) is 0 Å². The SMILES string of the molecule is COC(=O)N1CCC(OCC(=O)NS2(=O)=NC(=O)c3ccc4c(c3)N(CCc3ccc(Cl)cc3CCCCO4)C[C@@H]3CC[C@H]3[C@@H](OC)/C=C/CC[C@H]2C)CC1. The third-order valence-electron chi connectivity index (χ3n) is 11.5. The third kappa shape index (κ3) is 10.4. The standard InChI is InChI=1S/C41H55ClN4O8S/c1-28-8-4-5-10-37(51-2)35-15-12-32(35)26-46-20-17-29-11-14-33(42)24-30(29)9-6-7-23-53-38-16-13-31(25-36(38)46)40(48)44-55(28,50)43-39(47)27-54-34-18-21-45(22-19-34)41(49)52-3/h5,10-11,13-14,16,24-25,28,32,34-35,37H,4,6-9,12,15,17-23,26-27H2,1-3H3,(H,43,44,47,48,50)/b10-5+/t28-,32+,35-,37+,55?/m1/s1. The van der Waals surface area contributed by atoms with Crippen LogP contribution in [0, 0.1) is 11.8 Å². The van der Waals surface area contributed by atoms with Gasteiger partial charge in [-0.05, 0) is 124 Å². The van der Waals surface area contributed by atoms with E-state index in [0.717, 1.165) is 55.8 Å². The maximum atomic E-state index is 14.7. The van der Waals surface area contributed by atoms with Gasteiger partial charge in [0.15, 0.2) is 0 Å². The van der Waals surface area contributed by atoms with Crippen molar-refractivity contribution in [3.8, 4) is 5.75 Å². The molecule has 3 aliphatic heterocycles. The van der Waals surface area contributed by atoms with Gasteiger partial charge in [-0.15, -0.1) is 4.36 Å². The lowest BCUT2D eigenvalue weighted by atomic mass is 9.70. The van der Waals surface area contributed by atoms with Gasteiger partial charge in [0.2, 0.25) is 0 Å². The molecule has 6 rings (SSSR count). The molecule has 3 heterocycles. The van der Waals surface area contributed by atoms with Crippen molar-refractivity contribution in [2.45, 2.75) is 88.6 Å². The number of amides is 3. The van der Waals surface area contributed by atoms with Gasteiger partial charge in [-0.2, -0.15) is 0 Å². The molecule has 55 heavy (non-hydrogen) atoms. The van der Waals surface area contributed by atoms with E-state index in [9.17, 15) is 18.6 Å². The van der Waals surface area contributed by atoms with Gasteiger partial charge in [-0.25, -0.2) is 9.00 Å². The van der Waals surface area contributed by atoms with E-state index < -0.39 is 33.1 Å². The Hall–Kier alpha value is -3.65. The molecule has 1 unspecified atom stereocenters. The van der Waals surface area contributed by atoms with Crippen molar-refractivity contribution in [3.05, 3.63) is 70.3 Å². The highest BCUT2D eigenvalue weighted by Gasteiger charge is 2.38. The Balaban J connectivity index is 1.30. The highest BCUT2D eigenvalue weighted by atomic mass is 35.5. The second-order valence-electron chi connectivity index (χ2n) is 15.1. The van der Waals surface area contributed by atoms with E-state index in [1.807, 2.05) is 18.2 Å². The number of anilines is 1. The van der Waals surface area contributed by atoms with E-state index in [-0.39, 0.29) is 24.4 Å². The minimum atomic E-state index is -3.60. The summed E-state index contributed by atoms with van der Waals surface area (Å²) in [6, 6.07) is 11.4. The number of nitrogens with zero attached hydrogens (tertiary/aromatic N) is 3. The van der Waals surface area contributed by atoms with Crippen LogP contribution in [0.2, 0.25) is 5.02 Å². The number of hydrogen-bond acceptors (Lipinski definition) is 9. The number of allylic oxidation sites excluding steroid dienone is 1. The number of aryl methyl sites for hydroxylation is 1. The molecule has 2 aromatic rings. The zero-order valence-electron chi connectivity index (χ0n) is 32.2. The second-order valence-corrected chi connectivity index (χ2v) is 17.8. The van der Waals surface area contributed by atoms with Crippen LogP contribution in [0.1, 0.15) is 79.8 Å². The summed E-state index contributed by atoms with van der Waals surface area (Å²) >= 11 is 6.43. The fraction of sp³-hybridized carbons (Fsp3) is 0.585. The van der Waals surface area contributed by atoms with Gasteiger partial charge in [0.25, 0.3) is 11.8 Å². The van der Waals surface area contributed by atoms with Crippen molar-refractivity contribution in [1.29, 1.82) is 0 Å². The van der Waals surface area contributed by atoms with Crippen LogP contribution >= 0.6 is 11.6 Å². The number of piperidine rings is 1. The Morgan fingerprint density at radius 1 is 1.00 bits per heavy atom. The molecule has 0 aromatic heterocycles. The molecule has 4 aliphatic rings. The van der Waals surface area contributed by atoms with Crippen molar-refractivity contribution >= 4 is 45.1 Å². The summed E-state index contributed by atoms with van der Waals surface area (Å²) in [6.45, 7) is 4.23. The lowest BCUT2D eigenvalue weighted by molar-refractivity contribution is -0.126. The third-order valence-corrected chi connectivity index (χ3v) is 14.0. The lowest BCUT2D eigenvalue weighted by Gasteiger charge is -2.43. The quantitative estimate of drug-likeness (QED) is 0.325. The molecule has 2 aromatic carbocycles. The second kappa shape index (κ2) is 19.0. The van der Waals surface area contributed by atoms with Gasteiger partial charge in [0, 0.05) is 43.9 Å². The minimum absolute atomic E-state index is 0.0775. The van der Waals surface area contributed by atoms with Gasteiger partial charge in [0.05, 0.1) is 36.9 Å². The van der Waals surface area contributed by atoms with E-state index in [0.29, 0.717) is 69.5 Å². The predicted molar refractivity (Wildman–Crippen MR) is 213 cm³/mol. The average molecular weight is 799 g/mol. The molecular formula is C41H55ClN4O8S. The average Bonchev–Trinajstić information content (AvgIpc) is 3.17. The molecule has 2 fully saturated rings. The Kier molecular flexibility index (Phi) is 14.2. The van der Waals surface area contributed by atoms with Crippen molar-refractivity contribution in [2.24, 2.45) is 16.2 Å². The van der Waals surface area contributed by atoms with Crippen LogP contribution in [0.25, 0.3) is 0 Å². The molecule has 1 aliphatic carbocycles. The zero-order valence-corrected chi connectivity index (χ0v) is 33.8. The fourth-order valence-electron chi connectivity index (χ4n) is 8.02. The first-order valence-electron chi connectivity index (χ1n) is 19.6. The molecule has 1 N–H and O–H groups in total. The van der Waals surface area contributed by atoms with E-state index in [1.165, 1.54) is 18.2 Å². The Bertz CT molecular complexity index is 1840. The number of halogens is 1. The summed E-state index contributed by atoms with van der Waals surface area (Å²) in [5.74, 6) is 0.0751. The molecule has 3 amide bonds. The maximum Gasteiger partial charge on any atom is 0.409 e. The van der Waals surface area contributed by atoms with Gasteiger partial charge in [-0.3, -0.25) is 14.3 Å². The van der Waals surface area contributed by atoms with Crippen LogP contribution in [0.4, 0.5) is 10.5 Å². The number of benzene rings is 2. The first kappa shape index (κ1) is 41.0. The first-order valence-corrected chi connectivity index (χ1v) is 21.6. The number of likely N-dealkylation sites (tertiary alicyclic amines) is 1. The Morgan fingerprint density at radius 3 is 2.56 bits per heavy atom. The van der Waals surface area contributed by atoms with Crippen molar-refractivity contribution in [1.82, 2.24) is 9.62 Å². The number of nitrogens with one attached hydrogen (secondary N) is 1. The number of ether oxygens (including phenoxy) is 4. The van der Waals surface area contributed by atoms with Crippen LogP contribution in [0.15, 0.2) is 52.9 Å². The van der Waals surface area contributed by atoms with Crippen LogP contribution in [0.3, 0.4) is 0 Å². The molecular weight excluding hydrogens is 744 g/mol. The largest absolute Gasteiger partial charge is 0.491 e. The van der Waals surface area contributed by atoms with E-state index >= 15 is 0 Å². The number of fused-ring (bicyclic) bond motifs is 3. The predicted octanol–water partition coefficient (Wildman–Crippen LogP) is 6.77. The summed E-state index contributed by atoms with van der Waals surface area (Å²) in [4.78, 5) is 43.1. The normalized spacial score (nSPS) is 27.4. The maximum absolute atomic E-state index is 14.7. The molecule has 1 saturated heterocycles. The monoisotopic (exact) mass is 798 g/mol. The van der Waals surface area contributed by atoms with E-state index in [2.05, 4.69) is 32.2 Å². The molecule has 12 nitrogen and oxygen atoms in total. The van der Waals surface area contributed by atoms with Gasteiger partial charge >= 0.3 is 6.09 Å². The smallest absolute Gasteiger partial charge is 0.409 e. The van der Waals surface area contributed by atoms with Gasteiger partial charge < -0.3 is 28.7 Å². The molecule has 5 atom stereocenters. The number of hydrogen-bond donors (Lipinski definition) is 1.